The van der Waals surface area contributed by atoms with E-state index in [4.69, 9.17) is 4.74 Å². The van der Waals surface area contributed by atoms with Gasteiger partial charge in [-0.15, -0.1) is 0 Å². The lowest BCUT2D eigenvalue weighted by atomic mass is 10.1. The maximum absolute atomic E-state index is 13.2. The zero-order chi connectivity index (χ0) is 20.6. The molecule has 0 radical (unpaired) electrons. The van der Waals surface area contributed by atoms with Gasteiger partial charge in [-0.2, -0.15) is 0 Å². The predicted molar refractivity (Wildman–Crippen MR) is 109 cm³/mol. The van der Waals surface area contributed by atoms with Crippen molar-refractivity contribution in [3.8, 4) is 0 Å². The number of rotatable bonds is 8. The molecule has 0 unspecified atom stereocenters. The van der Waals surface area contributed by atoms with Crippen molar-refractivity contribution in [2.24, 2.45) is 0 Å². The van der Waals surface area contributed by atoms with Gasteiger partial charge < -0.3 is 9.64 Å². The molecule has 2 aromatic rings. The van der Waals surface area contributed by atoms with Crippen LogP contribution in [0.15, 0.2) is 42.7 Å². The van der Waals surface area contributed by atoms with Crippen molar-refractivity contribution in [1.29, 1.82) is 0 Å². The van der Waals surface area contributed by atoms with Gasteiger partial charge in [0.2, 0.25) is 0 Å². The number of amides is 1. The molecule has 29 heavy (non-hydrogen) atoms. The molecule has 3 rings (SSSR count). The second-order valence-electron chi connectivity index (χ2n) is 7.15. The van der Waals surface area contributed by atoms with Gasteiger partial charge in [0.25, 0.3) is 11.6 Å². The Kier molecular flexibility index (Phi) is 7.26. The summed E-state index contributed by atoms with van der Waals surface area (Å²) in [6.45, 7) is 6.86. The third-order valence-electron chi connectivity index (χ3n) is 5.07. The number of nitro benzene ring substituents is 1. The van der Waals surface area contributed by atoms with Gasteiger partial charge >= 0.3 is 0 Å². The van der Waals surface area contributed by atoms with Crippen LogP contribution in [0.4, 0.5) is 5.69 Å². The highest BCUT2D eigenvalue weighted by molar-refractivity contribution is 5.95. The lowest BCUT2D eigenvalue weighted by Crippen LogP contribution is -2.39. The number of carbonyl (C=O) groups is 1. The van der Waals surface area contributed by atoms with Gasteiger partial charge in [0.15, 0.2) is 0 Å². The van der Waals surface area contributed by atoms with Gasteiger partial charge in [-0.1, -0.05) is 6.07 Å². The summed E-state index contributed by atoms with van der Waals surface area (Å²) in [5.74, 6) is -0.202. The number of hydrogen-bond acceptors (Lipinski definition) is 6. The van der Waals surface area contributed by atoms with E-state index in [9.17, 15) is 14.9 Å². The maximum atomic E-state index is 13.2. The van der Waals surface area contributed by atoms with Crippen molar-refractivity contribution in [3.63, 3.8) is 0 Å². The topological polar surface area (TPSA) is 88.8 Å². The number of nitro groups is 1. The Morgan fingerprint density at radius 3 is 2.66 bits per heavy atom. The summed E-state index contributed by atoms with van der Waals surface area (Å²) in [5.41, 5.74) is 1.82. The van der Waals surface area contributed by atoms with Crippen LogP contribution in [0.5, 0.6) is 0 Å². The van der Waals surface area contributed by atoms with E-state index in [0.29, 0.717) is 24.2 Å². The highest BCUT2D eigenvalue weighted by atomic mass is 16.6. The second-order valence-corrected chi connectivity index (χ2v) is 7.15. The molecule has 154 valence electrons. The number of ether oxygens (including phenoxy) is 1. The molecule has 0 atom stereocenters. The van der Waals surface area contributed by atoms with Crippen molar-refractivity contribution < 1.29 is 14.5 Å². The molecule has 1 saturated heterocycles. The van der Waals surface area contributed by atoms with Gasteiger partial charge in [0.05, 0.1) is 18.1 Å². The van der Waals surface area contributed by atoms with E-state index in [2.05, 4.69) is 9.88 Å². The molecular formula is C21H26N4O4. The maximum Gasteiger partial charge on any atom is 0.273 e. The Morgan fingerprint density at radius 2 is 1.97 bits per heavy atom. The number of morpholine rings is 1. The van der Waals surface area contributed by atoms with Crippen LogP contribution >= 0.6 is 0 Å². The molecule has 0 aliphatic carbocycles. The van der Waals surface area contributed by atoms with Gasteiger partial charge in [-0.3, -0.25) is 24.8 Å². The summed E-state index contributed by atoms with van der Waals surface area (Å²) in [4.78, 5) is 32.1. The number of carbonyl (C=O) groups excluding carboxylic acids is 1. The summed E-state index contributed by atoms with van der Waals surface area (Å²) in [6.07, 6.45) is 4.22. The molecule has 1 fully saturated rings. The van der Waals surface area contributed by atoms with E-state index in [1.807, 2.05) is 12.1 Å². The van der Waals surface area contributed by atoms with E-state index in [-0.39, 0.29) is 11.6 Å². The zero-order valence-corrected chi connectivity index (χ0v) is 16.6. The molecule has 8 heteroatoms. The van der Waals surface area contributed by atoms with E-state index in [1.54, 1.807) is 36.4 Å². The van der Waals surface area contributed by atoms with Crippen molar-refractivity contribution in [2.45, 2.75) is 19.9 Å². The van der Waals surface area contributed by atoms with Gasteiger partial charge in [0, 0.05) is 62.3 Å². The van der Waals surface area contributed by atoms with E-state index >= 15 is 0 Å². The molecule has 2 heterocycles. The second kappa shape index (κ2) is 10.1. The molecule has 1 aromatic carbocycles. The van der Waals surface area contributed by atoms with Crippen molar-refractivity contribution in [1.82, 2.24) is 14.8 Å². The number of aryl methyl sites for hydroxylation is 1. The average molecular weight is 398 g/mol. The van der Waals surface area contributed by atoms with Gasteiger partial charge in [-0.05, 0) is 37.1 Å². The third kappa shape index (κ3) is 5.82. The first-order chi connectivity index (χ1) is 14.0. The fourth-order valence-corrected chi connectivity index (χ4v) is 3.39. The van der Waals surface area contributed by atoms with E-state index in [1.165, 1.54) is 6.07 Å². The zero-order valence-electron chi connectivity index (χ0n) is 16.6. The summed E-state index contributed by atoms with van der Waals surface area (Å²) >= 11 is 0. The molecule has 0 spiro atoms. The SMILES string of the molecule is Cc1ccc(C(=O)N(CCCN2CCOCC2)Cc2ccncc2)cc1[N+](=O)[O-]. The Labute approximate surface area is 170 Å². The van der Waals surface area contributed by atoms with Crippen molar-refractivity contribution in [3.05, 3.63) is 69.5 Å². The minimum absolute atomic E-state index is 0.0342. The van der Waals surface area contributed by atoms with Crippen LogP contribution in [0.25, 0.3) is 0 Å². The summed E-state index contributed by atoms with van der Waals surface area (Å²) < 4.78 is 5.38. The first kappa shape index (κ1) is 20.9. The Bertz CT molecular complexity index is 838. The summed E-state index contributed by atoms with van der Waals surface area (Å²) in [7, 11) is 0. The highest BCUT2D eigenvalue weighted by Crippen LogP contribution is 2.21. The molecular weight excluding hydrogens is 372 g/mol. The Hall–Kier alpha value is -2.84. The predicted octanol–water partition coefficient (Wildman–Crippen LogP) is 2.66. The molecule has 1 amide bonds. The quantitative estimate of drug-likeness (QED) is 0.502. The number of pyridine rings is 1. The standard InChI is InChI=1S/C21H26N4O4/c1-17-3-4-19(15-20(17)25(27)28)21(26)24(16-18-5-7-22-8-6-18)10-2-9-23-11-13-29-14-12-23/h3-8,15H,2,9-14,16H2,1H3. The van der Waals surface area contributed by atoms with Crippen LogP contribution in [0.3, 0.4) is 0 Å². The average Bonchev–Trinajstić information content (AvgIpc) is 2.74. The van der Waals surface area contributed by atoms with Crippen LogP contribution < -0.4 is 0 Å². The fourth-order valence-electron chi connectivity index (χ4n) is 3.39. The lowest BCUT2D eigenvalue weighted by molar-refractivity contribution is -0.385. The highest BCUT2D eigenvalue weighted by Gasteiger charge is 2.20. The lowest BCUT2D eigenvalue weighted by Gasteiger charge is -2.28. The molecule has 0 saturated carbocycles. The van der Waals surface area contributed by atoms with E-state index in [0.717, 1.165) is 44.8 Å². The Balaban J connectivity index is 1.73. The van der Waals surface area contributed by atoms with Gasteiger partial charge in [-0.25, -0.2) is 0 Å². The largest absolute Gasteiger partial charge is 0.379 e. The minimum Gasteiger partial charge on any atom is -0.379 e. The number of aromatic nitrogens is 1. The third-order valence-corrected chi connectivity index (χ3v) is 5.07. The monoisotopic (exact) mass is 398 g/mol. The van der Waals surface area contributed by atoms with Crippen LogP contribution in [0.1, 0.15) is 27.9 Å². The Morgan fingerprint density at radius 1 is 1.24 bits per heavy atom. The molecule has 1 aromatic heterocycles. The van der Waals surface area contributed by atoms with Crippen LogP contribution in [-0.4, -0.2) is 65.0 Å². The molecule has 8 nitrogen and oxygen atoms in total. The molecule has 0 bridgehead atoms. The number of benzene rings is 1. The smallest absolute Gasteiger partial charge is 0.273 e. The molecule has 0 N–H and O–H groups in total. The first-order valence-corrected chi connectivity index (χ1v) is 9.78. The van der Waals surface area contributed by atoms with Crippen LogP contribution in [0, 0.1) is 17.0 Å². The fraction of sp³-hybridized carbons (Fsp3) is 0.429. The van der Waals surface area contributed by atoms with Crippen molar-refractivity contribution >= 4 is 11.6 Å². The summed E-state index contributed by atoms with van der Waals surface area (Å²) in [6, 6.07) is 8.41. The number of nitrogens with zero attached hydrogens (tertiary/aromatic N) is 4. The molecule has 1 aliphatic heterocycles. The minimum atomic E-state index is -0.447. The van der Waals surface area contributed by atoms with E-state index < -0.39 is 4.92 Å². The molecule has 1 aliphatic rings. The summed E-state index contributed by atoms with van der Waals surface area (Å²) in [5, 5.41) is 11.3. The number of hydrogen-bond donors (Lipinski definition) is 0. The normalized spacial score (nSPS) is 14.5. The first-order valence-electron chi connectivity index (χ1n) is 9.78. The van der Waals surface area contributed by atoms with Crippen LogP contribution in [0.2, 0.25) is 0 Å². The van der Waals surface area contributed by atoms with Crippen LogP contribution in [-0.2, 0) is 11.3 Å². The van der Waals surface area contributed by atoms with Crippen molar-refractivity contribution in [2.75, 3.05) is 39.4 Å². The van der Waals surface area contributed by atoms with Gasteiger partial charge in [0.1, 0.15) is 0 Å².